The average Bonchev–Trinajstić information content (AvgIpc) is 3.13. The number of aryl methyl sites for hydroxylation is 2. The summed E-state index contributed by atoms with van der Waals surface area (Å²) in [6.45, 7) is 1.68. The zero-order chi connectivity index (χ0) is 20.2. The molecular weight excluding hydrogens is 384 g/mol. The van der Waals surface area contributed by atoms with Gasteiger partial charge in [-0.25, -0.2) is 10.4 Å². The van der Waals surface area contributed by atoms with Crippen molar-refractivity contribution in [3.05, 3.63) is 69.1 Å². The molecule has 0 spiro atoms. The summed E-state index contributed by atoms with van der Waals surface area (Å²) >= 11 is 1.60. The van der Waals surface area contributed by atoms with Gasteiger partial charge in [-0.3, -0.25) is 14.2 Å². The first kappa shape index (κ1) is 19.3. The minimum atomic E-state index is -0.700. The molecule has 3 aromatic rings. The van der Waals surface area contributed by atoms with Gasteiger partial charge in [-0.05, 0) is 49.8 Å². The summed E-state index contributed by atoms with van der Waals surface area (Å²) in [6.07, 6.45) is 10.8. The van der Waals surface area contributed by atoms with Gasteiger partial charge in [0, 0.05) is 11.1 Å². The van der Waals surface area contributed by atoms with Crippen LogP contribution in [0, 0.1) is 0 Å². The van der Waals surface area contributed by atoms with Crippen molar-refractivity contribution in [2.75, 3.05) is 0 Å². The predicted molar refractivity (Wildman–Crippen MR) is 117 cm³/mol. The minimum absolute atomic E-state index is 0.148. The van der Waals surface area contributed by atoms with Crippen LogP contribution >= 0.6 is 11.3 Å². The quantitative estimate of drug-likeness (QED) is 0.518. The Labute approximate surface area is 172 Å². The smallest absolute Gasteiger partial charge is 0.263 e. The van der Waals surface area contributed by atoms with Crippen molar-refractivity contribution in [3.63, 3.8) is 0 Å². The van der Waals surface area contributed by atoms with Crippen LogP contribution in [0.2, 0.25) is 0 Å². The van der Waals surface area contributed by atoms with Gasteiger partial charge in [-0.2, -0.15) is 5.10 Å². The van der Waals surface area contributed by atoms with Crippen LogP contribution in [0.15, 0.2) is 52.6 Å². The van der Waals surface area contributed by atoms with Gasteiger partial charge in [0.15, 0.2) is 0 Å². The Morgan fingerprint density at radius 1 is 1.28 bits per heavy atom. The zero-order valence-corrected chi connectivity index (χ0v) is 17.0. The standard InChI is InChI=1S/C22H22N4O2S/c1-15(20(27)25-24-13-7-10-16-8-3-2-4-9-16)26-14-23-21-19(22(26)28)17-11-5-6-12-18(17)29-21/h2-4,7-10,13-15H,5-6,11-12H2,1H3,(H,25,27)/b10-7+,24-13+/t15-/m1/s1. The Morgan fingerprint density at radius 3 is 2.90 bits per heavy atom. The number of amides is 1. The van der Waals surface area contributed by atoms with E-state index in [1.165, 1.54) is 22.0 Å². The highest BCUT2D eigenvalue weighted by Crippen LogP contribution is 2.33. The van der Waals surface area contributed by atoms with Gasteiger partial charge in [-0.1, -0.05) is 36.4 Å². The molecule has 0 saturated carbocycles. The highest BCUT2D eigenvalue weighted by Gasteiger charge is 2.23. The highest BCUT2D eigenvalue weighted by atomic mass is 32.1. The molecule has 2 aromatic heterocycles. The van der Waals surface area contributed by atoms with E-state index in [1.54, 1.807) is 24.3 Å². The molecule has 148 valence electrons. The summed E-state index contributed by atoms with van der Waals surface area (Å²) in [5, 5.41) is 4.62. The molecule has 0 fully saturated rings. The molecule has 0 aliphatic heterocycles. The fourth-order valence-electron chi connectivity index (χ4n) is 3.52. The lowest BCUT2D eigenvalue weighted by atomic mass is 9.97. The van der Waals surface area contributed by atoms with Crippen LogP contribution in [0.3, 0.4) is 0 Å². The van der Waals surface area contributed by atoms with E-state index in [4.69, 9.17) is 0 Å². The maximum absolute atomic E-state index is 13.0. The molecule has 2 heterocycles. The number of hydrogen-bond donors (Lipinski definition) is 1. The van der Waals surface area contributed by atoms with E-state index in [1.807, 2.05) is 36.4 Å². The number of hydrogen-bond acceptors (Lipinski definition) is 5. The van der Waals surface area contributed by atoms with E-state index in [2.05, 4.69) is 15.5 Å². The van der Waals surface area contributed by atoms with Gasteiger partial charge in [0.25, 0.3) is 11.5 Å². The normalized spacial score (nSPS) is 15.1. The summed E-state index contributed by atoms with van der Waals surface area (Å²) in [5.74, 6) is -0.360. The molecule has 4 rings (SSSR count). The third-order valence-corrected chi connectivity index (χ3v) is 6.32. The number of benzene rings is 1. The first-order valence-corrected chi connectivity index (χ1v) is 10.5. The van der Waals surface area contributed by atoms with Gasteiger partial charge < -0.3 is 0 Å². The van der Waals surface area contributed by atoms with E-state index in [9.17, 15) is 9.59 Å². The molecule has 1 aliphatic carbocycles. The van der Waals surface area contributed by atoms with E-state index >= 15 is 0 Å². The van der Waals surface area contributed by atoms with Gasteiger partial charge in [0.1, 0.15) is 10.9 Å². The fourth-order valence-corrected chi connectivity index (χ4v) is 4.74. The average molecular weight is 407 g/mol. The number of allylic oxidation sites excluding steroid dienone is 1. The van der Waals surface area contributed by atoms with Crippen LogP contribution in [0.4, 0.5) is 0 Å². The molecule has 29 heavy (non-hydrogen) atoms. The summed E-state index contributed by atoms with van der Waals surface area (Å²) in [6, 6.07) is 9.11. The topological polar surface area (TPSA) is 76.3 Å². The first-order chi connectivity index (χ1) is 14.1. The molecule has 1 aliphatic rings. The fraction of sp³-hybridized carbons (Fsp3) is 0.273. The summed E-state index contributed by atoms with van der Waals surface area (Å²) < 4.78 is 1.40. The Balaban J connectivity index is 1.48. The van der Waals surface area contributed by atoms with Gasteiger partial charge in [0.05, 0.1) is 11.7 Å². The highest BCUT2D eigenvalue weighted by molar-refractivity contribution is 7.18. The van der Waals surface area contributed by atoms with E-state index in [0.717, 1.165) is 41.6 Å². The second-order valence-electron chi connectivity index (χ2n) is 7.05. The predicted octanol–water partition coefficient (Wildman–Crippen LogP) is 3.71. The van der Waals surface area contributed by atoms with Gasteiger partial charge in [-0.15, -0.1) is 11.3 Å². The number of carbonyl (C=O) groups is 1. The molecule has 6 nitrogen and oxygen atoms in total. The Hall–Kier alpha value is -3.06. The van der Waals surface area contributed by atoms with Crippen molar-refractivity contribution in [3.8, 4) is 0 Å². The monoisotopic (exact) mass is 406 g/mol. The van der Waals surface area contributed by atoms with Crippen molar-refractivity contribution in [2.24, 2.45) is 5.10 Å². The lowest BCUT2D eigenvalue weighted by molar-refractivity contribution is -0.123. The number of aromatic nitrogens is 2. The number of nitrogens with zero attached hydrogens (tertiary/aromatic N) is 3. The molecule has 0 bridgehead atoms. The molecule has 0 unspecified atom stereocenters. The Bertz CT molecular complexity index is 1140. The number of hydrazone groups is 1. The van der Waals surface area contributed by atoms with Gasteiger partial charge >= 0.3 is 0 Å². The van der Waals surface area contributed by atoms with Crippen molar-refractivity contribution >= 4 is 39.8 Å². The van der Waals surface area contributed by atoms with Crippen LogP contribution in [0.5, 0.6) is 0 Å². The molecule has 1 N–H and O–H groups in total. The minimum Gasteiger partial charge on any atom is -0.286 e. The third-order valence-electron chi connectivity index (χ3n) is 5.12. The lowest BCUT2D eigenvalue weighted by Gasteiger charge is -2.14. The maximum atomic E-state index is 13.0. The van der Waals surface area contributed by atoms with E-state index in [-0.39, 0.29) is 11.5 Å². The lowest BCUT2D eigenvalue weighted by Crippen LogP contribution is -2.34. The molecule has 1 atom stereocenters. The first-order valence-electron chi connectivity index (χ1n) is 9.71. The van der Waals surface area contributed by atoms with Crippen molar-refractivity contribution in [1.82, 2.24) is 15.0 Å². The molecule has 7 heteroatoms. The molecule has 1 amide bonds. The summed E-state index contributed by atoms with van der Waals surface area (Å²) in [4.78, 5) is 32.0. The van der Waals surface area contributed by atoms with Crippen LogP contribution in [0.25, 0.3) is 16.3 Å². The molecule has 0 saturated heterocycles. The SMILES string of the molecule is C[C@H](C(=O)N/N=C/C=C/c1ccccc1)n1cnc2sc3c(c2c1=O)CCCC3. The molecule has 1 aromatic carbocycles. The van der Waals surface area contributed by atoms with Crippen molar-refractivity contribution in [1.29, 1.82) is 0 Å². The summed E-state index contributed by atoms with van der Waals surface area (Å²) in [5.41, 5.74) is 4.51. The van der Waals surface area contributed by atoms with Gasteiger partial charge in [0.2, 0.25) is 0 Å². The molecular formula is C22H22N4O2S. The Morgan fingerprint density at radius 2 is 2.07 bits per heavy atom. The van der Waals surface area contributed by atoms with Crippen LogP contribution in [-0.2, 0) is 17.6 Å². The van der Waals surface area contributed by atoms with Crippen LogP contribution in [-0.4, -0.2) is 21.7 Å². The second-order valence-corrected chi connectivity index (χ2v) is 8.13. The van der Waals surface area contributed by atoms with Crippen molar-refractivity contribution in [2.45, 2.75) is 38.6 Å². The Kier molecular flexibility index (Phi) is 5.67. The van der Waals surface area contributed by atoms with Crippen LogP contribution in [0.1, 0.15) is 41.8 Å². The largest absolute Gasteiger partial charge is 0.286 e. The van der Waals surface area contributed by atoms with Crippen LogP contribution < -0.4 is 11.0 Å². The third kappa shape index (κ3) is 4.05. The number of thiophene rings is 1. The molecule has 0 radical (unpaired) electrons. The second kappa shape index (κ2) is 8.53. The van der Waals surface area contributed by atoms with E-state index < -0.39 is 6.04 Å². The zero-order valence-electron chi connectivity index (χ0n) is 16.2. The number of fused-ring (bicyclic) bond motifs is 3. The maximum Gasteiger partial charge on any atom is 0.263 e. The number of nitrogens with one attached hydrogen (secondary N) is 1. The number of rotatable bonds is 5. The van der Waals surface area contributed by atoms with Crippen molar-refractivity contribution < 1.29 is 4.79 Å². The van der Waals surface area contributed by atoms with E-state index in [0.29, 0.717) is 5.39 Å². The summed E-state index contributed by atoms with van der Waals surface area (Å²) in [7, 11) is 0. The number of carbonyl (C=O) groups excluding carboxylic acids is 1.